The monoisotopic (exact) mass is 328 g/mol. The number of aliphatic hydroxyl groups is 1. The van der Waals surface area contributed by atoms with Crippen LogP contribution in [0, 0.1) is 34.5 Å². The Labute approximate surface area is 144 Å². The summed E-state index contributed by atoms with van der Waals surface area (Å²) in [5.74, 6) is 1.61. The van der Waals surface area contributed by atoms with Crippen LogP contribution in [0.5, 0.6) is 0 Å². The van der Waals surface area contributed by atoms with Crippen LogP contribution in [0.25, 0.3) is 0 Å². The summed E-state index contributed by atoms with van der Waals surface area (Å²) < 4.78 is 0. The normalized spacial score (nSPS) is 49.9. The van der Waals surface area contributed by atoms with E-state index in [1.54, 1.807) is 19.1 Å². The van der Waals surface area contributed by atoms with Gasteiger partial charge in [-0.05, 0) is 68.4 Å². The molecule has 0 aromatic carbocycles. The molecule has 4 rings (SSSR count). The SMILES string of the molecule is CC(=O)[C@@H]1CC[C@@H]2[C@@H]3CCC4=CC(=O)C=C[C@]4(C)[C@H]3[C@H](O)C[C@@]21C. The molecular formula is C21H28O3. The molecule has 0 spiro atoms. The number of aliphatic hydroxyl groups excluding tert-OH is 1. The molecule has 24 heavy (non-hydrogen) atoms. The van der Waals surface area contributed by atoms with Gasteiger partial charge in [-0.25, -0.2) is 0 Å². The fourth-order valence-corrected chi connectivity index (χ4v) is 6.99. The molecule has 3 fully saturated rings. The van der Waals surface area contributed by atoms with Gasteiger partial charge in [0.2, 0.25) is 0 Å². The average Bonchev–Trinajstić information content (AvgIpc) is 2.84. The molecule has 7 atom stereocenters. The molecule has 0 aromatic heterocycles. The van der Waals surface area contributed by atoms with Crippen LogP contribution >= 0.6 is 0 Å². The number of fused-ring (bicyclic) bond motifs is 5. The number of rotatable bonds is 1. The standard InChI is InChI=1S/C21H28O3/c1-12(22)16-6-7-17-15-5-4-13-10-14(23)8-9-20(13,2)19(15)18(24)11-21(16,17)3/h8-10,15-19,24H,4-7,11H2,1-3H3/t15-,16-,17+,18+,19+,20-,21+/m0/s1. The van der Waals surface area contributed by atoms with Crippen molar-refractivity contribution in [3.63, 3.8) is 0 Å². The van der Waals surface area contributed by atoms with Crippen LogP contribution in [-0.4, -0.2) is 22.8 Å². The van der Waals surface area contributed by atoms with Crippen molar-refractivity contribution in [3.8, 4) is 0 Å². The second-order valence-corrected chi connectivity index (χ2v) is 9.04. The predicted octanol–water partition coefficient (Wildman–Crippen LogP) is 3.47. The van der Waals surface area contributed by atoms with Crippen molar-refractivity contribution < 1.29 is 14.7 Å². The fourth-order valence-electron chi connectivity index (χ4n) is 6.99. The first-order chi connectivity index (χ1) is 11.3. The Balaban J connectivity index is 1.74. The number of Topliss-reactive ketones (excluding diaryl/α,β-unsaturated/α-hetero) is 1. The van der Waals surface area contributed by atoms with Crippen molar-refractivity contribution in [1.29, 1.82) is 0 Å². The van der Waals surface area contributed by atoms with Gasteiger partial charge in [0.15, 0.2) is 5.78 Å². The van der Waals surface area contributed by atoms with E-state index in [0.29, 0.717) is 18.3 Å². The van der Waals surface area contributed by atoms with E-state index in [-0.39, 0.29) is 34.2 Å². The molecule has 4 aliphatic rings. The van der Waals surface area contributed by atoms with Crippen molar-refractivity contribution in [3.05, 3.63) is 23.8 Å². The quantitative estimate of drug-likeness (QED) is 0.802. The van der Waals surface area contributed by atoms with Crippen molar-refractivity contribution in [2.45, 2.75) is 59.0 Å². The number of carbonyl (C=O) groups is 2. The lowest BCUT2D eigenvalue weighted by Gasteiger charge is -2.58. The van der Waals surface area contributed by atoms with Gasteiger partial charge in [0.1, 0.15) is 5.78 Å². The van der Waals surface area contributed by atoms with Gasteiger partial charge in [0.05, 0.1) is 6.10 Å². The lowest BCUT2D eigenvalue weighted by Crippen LogP contribution is -2.56. The maximum Gasteiger partial charge on any atom is 0.178 e. The van der Waals surface area contributed by atoms with Gasteiger partial charge in [-0.1, -0.05) is 25.5 Å². The minimum absolute atomic E-state index is 0.0573. The average molecular weight is 328 g/mol. The van der Waals surface area contributed by atoms with Crippen molar-refractivity contribution in [2.24, 2.45) is 34.5 Å². The van der Waals surface area contributed by atoms with Crippen LogP contribution in [0.1, 0.15) is 52.9 Å². The Morgan fingerprint density at radius 3 is 2.71 bits per heavy atom. The molecule has 3 saturated carbocycles. The lowest BCUT2D eigenvalue weighted by atomic mass is 9.46. The summed E-state index contributed by atoms with van der Waals surface area (Å²) in [7, 11) is 0. The predicted molar refractivity (Wildman–Crippen MR) is 92.2 cm³/mol. The van der Waals surface area contributed by atoms with E-state index in [9.17, 15) is 14.7 Å². The highest BCUT2D eigenvalue weighted by molar-refractivity contribution is 6.01. The van der Waals surface area contributed by atoms with Gasteiger partial charge in [-0.2, -0.15) is 0 Å². The molecule has 0 amide bonds. The smallest absolute Gasteiger partial charge is 0.178 e. The Hall–Kier alpha value is -1.22. The summed E-state index contributed by atoms with van der Waals surface area (Å²) in [6, 6.07) is 0. The van der Waals surface area contributed by atoms with Crippen molar-refractivity contribution >= 4 is 11.6 Å². The van der Waals surface area contributed by atoms with E-state index in [1.807, 2.05) is 6.08 Å². The molecular weight excluding hydrogens is 300 g/mol. The number of hydrogen-bond donors (Lipinski definition) is 1. The summed E-state index contributed by atoms with van der Waals surface area (Å²) >= 11 is 0. The van der Waals surface area contributed by atoms with Crippen molar-refractivity contribution in [2.75, 3.05) is 0 Å². The van der Waals surface area contributed by atoms with E-state index < -0.39 is 6.10 Å². The summed E-state index contributed by atoms with van der Waals surface area (Å²) in [6.07, 6.45) is 9.89. The summed E-state index contributed by atoms with van der Waals surface area (Å²) in [5.41, 5.74) is 0.935. The van der Waals surface area contributed by atoms with Gasteiger partial charge >= 0.3 is 0 Å². The lowest BCUT2D eigenvalue weighted by molar-refractivity contribution is -0.137. The van der Waals surface area contributed by atoms with E-state index in [4.69, 9.17) is 0 Å². The second kappa shape index (κ2) is 5.14. The van der Waals surface area contributed by atoms with Crippen LogP contribution in [0.4, 0.5) is 0 Å². The second-order valence-electron chi connectivity index (χ2n) is 9.04. The number of hydrogen-bond acceptors (Lipinski definition) is 3. The maximum absolute atomic E-state index is 12.2. The Morgan fingerprint density at radius 1 is 1.25 bits per heavy atom. The summed E-state index contributed by atoms with van der Waals surface area (Å²) in [6.45, 7) is 6.15. The first-order valence-electron chi connectivity index (χ1n) is 9.40. The molecule has 0 heterocycles. The topological polar surface area (TPSA) is 54.4 Å². The molecule has 0 unspecified atom stereocenters. The van der Waals surface area contributed by atoms with Gasteiger partial charge in [-0.15, -0.1) is 0 Å². The highest BCUT2D eigenvalue weighted by atomic mass is 16.3. The third-order valence-electron chi connectivity index (χ3n) is 7.98. The summed E-state index contributed by atoms with van der Waals surface area (Å²) in [5, 5.41) is 11.1. The first kappa shape index (κ1) is 16.3. The van der Waals surface area contributed by atoms with Gasteiger partial charge in [-0.3, -0.25) is 9.59 Å². The Bertz CT molecular complexity index is 660. The zero-order chi connectivity index (χ0) is 17.3. The maximum atomic E-state index is 12.2. The minimum atomic E-state index is -0.400. The number of ketones is 2. The zero-order valence-corrected chi connectivity index (χ0v) is 14.9. The third-order valence-corrected chi connectivity index (χ3v) is 7.98. The van der Waals surface area contributed by atoms with Crippen LogP contribution in [0.15, 0.2) is 23.8 Å². The van der Waals surface area contributed by atoms with E-state index in [0.717, 1.165) is 25.7 Å². The molecule has 0 radical (unpaired) electrons. The first-order valence-corrected chi connectivity index (χ1v) is 9.40. The Kier molecular flexibility index (Phi) is 3.48. The highest BCUT2D eigenvalue weighted by Crippen LogP contribution is 2.65. The molecule has 0 saturated heterocycles. The molecule has 3 nitrogen and oxygen atoms in total. The summed E-state index contributed by atoms with van der Waals surface area (Å²) in [4.78, 5) is 24.0. The Morgan fingerprint density at radius 2 is 2.00 bits per heavy atom. The molecule has 1 N–H and O–H groups in total. The molecule has 0 aliphatic heterocycles. The van der Waals surface area contributed by atoms with E-state index >= 15 is 0 Å². The third kappa shape index (κ3) is 2.00. The van der Waals surface area contributed by atoms with E-state index in [1.165, 1.54) is 5.57 Å². The molecule has 4 aliphatic carbocycles. The van der Waals surface area contributed by atoms with Crippen LogP contribution in [-0.2, 0) is 9.59 Å². The molecule has 130 valence electrons. The fraction of sp³-hybridized carbons (Fsp3) is 0.714. The van der Waals surface area contributed by atoms with Gasteiger partial charge in [0, 0.05) is 17.3 Å². The van der Waals surface area contributed by atoms with Gasteiger partial charge in [0.25, 0.3) is 0 Å². The highest BCUT2D eigenvalue weighted by Gasteiger charge is 2.62. The zero-order valence-electron chi connectivity index (χ0n) is 14.9. The van der Waals surface area contributed by atoms with Gasteiger partial charge < -0.3 is 5.11 Å². The molecule has 3 heteroatoms. The number of allylic oxidation sites excluding steroid dienone is 4. The minimum Gasteiger partial charge on any atom is -0.393 e. The van der Waals surface area contributed by atoms with Crippen LogP contribution in [0.3, 0.4) is 0 Å². The molecule has 0 aromatic rings. The van der Waals surface area contributed by atoms with Crippen LogP contribution in [0.2, 0.25) is 0 Å². The molecule has 0 bridgehead atoms. The largest absolute Gasteiger partial charge is 0.393 e. The van der Waals surface area contributed by atoms with Crippen molar-refractivity contribution in [1.82, 2.24) is 0 Å². The number of carbonyl (C=O) groups excluding carboxylic acids is 2. The van der Waals surface area contributed by atoms with E-state index in [2.05, 4.69) is 13.8 Å². The van der Waals surface area contributed by atoms with Crippen LogP contribution < -0.4 is 0 Å².